The summed E-state index contributed by atoms with van der Waals surface area (Å²) in [5, 5.41) is 11.3. The first-order valence-corrected chi connectivity index (χ1v) is 4.67. The molecule has 1 aliphatic carbocycles. The van der Waals surface area contributed by atoms with E-state index in [1.165, 1.54) is 0 Å². The van der Waals surface area contributed by atoms with Gasteiger partial charge in [-0.2, -0.15) is 0 Å². The summed E-state index contributed by atoms with van der Waals surface area (Å²) < 4.78 is 0. The summed E-state index contributed by atoms with van der Waals surface area (Å²) in [5.41, 5.74) is 0. The van der Waals surface area contributed by atoms with Gasteiger partial charge < -0.3 is 10.4 Å². The summed E-state index contributed by atoms with van der Waals surface area (Å²) >= 11 is 0. The van der Waals surface area contributed by atoms with Gasteiger partial charge in [0, 0.05) is 6.54 Å². The Morgan fingerprint density at radius 1 is 1.46 bits per heavy atom. The number of carboxylic acid groups (broad SMARTS) is 1. The van der Waals surface area contributed by atoms with Gasteiger partial charge in [-0.3, -0.25) is 9.59 Å². The van der Waals surface area contributed by atoms with E-state index >= 15 is 0 Å². The van der Waals surface area contributed by atoms with Crippen molar-refractivity contribution in [1.29, 1.82) is 0 Å². The van der Waals surface area contributed by atoms with Crippen LogP contribution in [0.3, 0.4) is 0 Å². The first-order valence-electron chi connectivity index (χ1n) is 4.67. The molecule has 4 heteroatoms. The molecule has 1 fully saturated rings. The van der Waals surface area contributed by atoms with Gasteiger partial charge in [0.2, 0.25) is 5.91 Å². The van der Waals surface area contributed by atoms with Gasteiger partial charge in [-0.15, -0.1) is 0 Å². The summed E-state index contributed by atoms with van der Waals surface area (Å²) in [5.74, 6) is -1.65. The minimum absolute atomic E-state index is 0.0964. The second kappa shape index (κ2) is 4.25. The van der Waals surface area contributed by atoms with Gasteiger partial charge in [0.1, 0.15) is 0 Å². The molecule has 0 bridgehead atoms. The standard InChI is InChI=1S/C9H15NO3/c1-2-3-4-10-8(11)6-5-7(6)9(12)13/h6-7H,2-5H2,1H3,(H,10,11)(H,12,13)/t6-,7+/m1/s1. The third-order valence-electron chi connectivity index (χ3n) is 2.27. The van der Waals surface area contributed by atoms with Crippen LogP contribution in [0, 0.1) is 11.8 Å². The summed E-state index contributed by atoms with van der Waals surface area (Å²) in [4.78, 5) is 21.6. The van der Waals surface area contributed by atoms with E-state index in [-0.39, 0.29) is 11.8 Å². The van der Waals surface area contributed by atoms with Crippen molar-refractivity contribution in [2.75, 3.05) is 6.54 Å². The fraction of sp³-hybridized carbons (Fsp3) is 0.778. The van der Waals surface area contributed by atoms with Crippen LogP contribution in [0.25, 0.3) is 0 Å². The van der Waals surface area contributed by atoms with Crippen molar-refractivity contribution in [3.05, 3.63) is 0 Å². The van der Waals surface area contributed by atoms with Crippen LogP contribution in [-0.2, 0) is 9.59 Å². The van der Waals surface area contributed by atoms with Crippen LogP contribution in [0.5, 0.6) is 0 Å². The van der Waals surface area contributed by atoms with E-state index < -0.39 is 11.9 Å². The zero-order valence-corrected chi connectivity index (χ0v) is 7.75. The third kappa shape index (κ3) is 2.72. The van der Waals surface area contributed by atoms with E-state index in [0.29, 0.717) is 13.0 Å². The fourth-order valence-corrected chi connectivity index (χ4v) is 1.28. The minimum atomic E-state index is -0.851. The van der Waals surface area contributed by atoms with Gasteiger partial charge in [0.25, 0.3) is 0 Å². The van der Waals surface area contributed by atoms with Crippen molar-refractivity contribution in [2.24, 2.45) is 11.8 Å². The first kappa shape index (κ1) is 10.0. The molecule has 2 atom stereocenters. The van der Waals surface area contributed by atoms with Gasteiger partial charge in [-0.1, -0.05) is 13.3 Å². The second-order valence-corrected chi connectivity index (χ2v) is 3.43. The Labute approximate surface area is 77.3 Å². The van der Waals surface area contributed by atoms with Crippen molar-refractivity contribution in [3.63, 3.8) is 0 Å². The van der Waals surface area contributed by atoms with Crippen LogP contribution in [0.15, 0.2) is 0 Å². The normalized spacial score (nSPS) is 25.3. The molecule has 0 aromatic heterocycles. The lowest BCUT2D eigenvalue weighted by atomic mass is 10.3. The Kier molecular flexibility index (Phi) is 3.28. The Morgan fingerprint density at radius 2 is 2.15 bits per heavy atom. The van der Waals surface area contributed by atoms with Crippen molar-refractivity contribution in [1.82, 2.24) is 5.32 Å². The van der Waals surface area contributed by atoms with Gasteiger partial charge in [-0.25, -0.2) is 0 Å². The number of amides is 1. The Hall–Kier alpha value is -1.06. The molecule has 0 radical (unpaired) electrons. The number of carbonyl (C=O) groups is 2. The SMILES string of the molecule is CCCCNC(=O)[C@@H]1C[C@@H]1C(=O)O. The first-order chi connectivity index (χ1) is 6.16. The molecule has 4 nitrogen and oxygen atoms in total. The molecule has 74 valence electrons. The lowest BCUT2D eigenvalue weighted by molar-refractivity contribution is -0.140. The summed E-state index contributed by atoms with van der Waals surface area (Å²) in [7, 11) is 0. The lowest BCUT2D eigenvalue weighted by Crippen LogP contribution is -2.27. The van der Waals surface area contributed by atoms with Gasteiger partial charge in [-0.05, 0) is 12.8 Å². The van der Waals surface area contributed by atoms with Crippen molar-refractivity contribution < 1.29 is 14.7 Å². The average Bonchev–Trinajstić information content (AvgIpc) is 2.83. The number of aliphatic carboxylic acids is 1. The molecule has 13 heavy (non-hydrogen) atoms. The Balaban J connectivity index is 2.16. The lowest BCUT2D eigenvalue weighted by Gasteiger charge is -2.01. The van der Waals surface area contributed by atoms with Crippen molar-refractivity contribution in [2.45, 2.75) is 26.2 Å². The highest BCUT2D eigenvalue weighted by Gasteiger charge is 2.48. The van der Waals surface area contributed by atoms with Crippen molar-refractivity contribution >= 4 is 11.9 Å². The maximum atomic E-state index is 11.2. The number of nitrogens with one attached hydrogen (secondary N) is 1. The molecule has 0 heterocycles. The van der Waals surface area contributed by atoms with Crippen LogP contribution in [0.1, 0.15) is 26.2 Å². The largest absolute Gasteiger partial charge is 0.481 e. The number of unbranched alkanes of at least 4 members (excludes halogenated alkanes) is 1. The molecular weight excluding hydrogens is 170 g/mol. The molecule has 1 amide bonds. The highest BCUT2D eigenvalue weighted by molar-refractivity contribution is 5.89. The monoisotopic (exact) mass is 185 g/mol. The number of rotatable bonds is 5. The van der Waals surface area contributed by atoms with E-state index in [4.69, 9.17) is 5.11 Å². The summed E-state index contributed by atoms with van der Waals surface area (Å²) in [6.45, 7) is 2.71. The van der Waals surface area contributed by atoms with Crippen molar-refractivity contribution in [3.8, 4) is 0 Å². The minimum Gasteiger partial charge on any atom is -0.481 e. The fourth-order valence-electron chi connectivity index (χ4n) is 1.28. The summed E-state index contributed by atoms with van der Waals surface area (Å²) in [6.07, 6.45) is 2.50. The molecule has 0 unspecified atom stereocenters. The van der Waals surface area contributed by atoms with E-state index in [0.717, 1.165) is 12.8 Å². The number of hydrogen-bond acceptors (Lipinski definition) is 2. The molecular formula is C9H15NO3. The molecule has 0 saturated heterocycles. The van der Waals surface area contributed by atoms with Gasteiger partial charge >= 0.3 is 5.97 Å². The molecule has 1 saturated carbocycles. The summed E-state index contributed by atoms with van der Waals surface area (Å²) in [6, 6.07) is 0. The Morgan fingerprint density at radius 3 is 2.62 bits per heavy atom. The highest BCUT2D eigenvalue weighted by atomic mass is 16.4. The topological polar surface area (TPSA) is 66.4 Å². The maximum absolute atomic E-state index is 11.2. The van der Waals surface area contributed by atoms with Gasteiger partial charge in [0.15, 0.2) is 0 Å². The quantitative estimate of drug-likeness (QED) is 0.617. The van der Waals surface area contributed by atoms with E-state index in [2.05, 4.69) is 5.32 Å². The van der Waals surface area contributed by atoms with E-state index in [1.54, 1.807) is 0 Å². The number of carbonyl (C=O) groups excluding carboxylic acids is 1. The molecule has 0 aliphatic heterocycles. The smallest absolute Gasteiger partial charge is 0.307 e. The number of hydrogen-bond donors (Lipinski definition) is 2. The molecule has 2 N–H and O–H groups in total. The van der Waals surface area contributed by atoms with E-state index in [1.807, 2.05) is 6.92 Å². The molecule has 0 aromatic rings. The zero-order valence-electron chi connectivity index (χ0n) is 7.75. The van der Waals surface area contributed by atoms with Crippen LogP contribution < -0.4 is 5.32 Å². The van der Waals surface area contributed by atoms with Crippen LogP contribution in [-0.4, -0.2) is 23.5 Å². The van der Waals surface area contributed by atoms with E-state index in [9.17, 15) is 9.59 Å². The highest BCUT2D eigenvalue weighted by Crippen LogP contribution is 2.38. The second-order valence-electron chi connectivity index (χ2n) is 3.43. The predicted molar refractivity (Wildman–Crippen MR) is 47.2 cm³/mol. The van der Waals surface area contributed by atoms with Crippen LogP contribution in [0.4, 0.5) is 0 Å². The van der Waals surface area contributed by atoms with Gasteiger partial charge in [0.05, 0.1) is 11.8 Å². The predicted octanol–water partition coefficient (Wildman–Crippen LogP) is 0.623. The Bertz CT molecular complexity index is 215. The molecule has 1 rings (SSSR count). The third-order valence-corrected chi connectivity index (χ3v) is 2.27. The average molecular weight is 185 g/mol. The number of carboxylic acids is 1. The molecule has 0 spiro atoms. The van der Waals surface area contributed by atoms with Crippen LogP contribution >= 0.6 is 0 Å². The zero-order chi connectivity index (χ0) is 9.84. The maximum Gasteiger partial charge on any atom is 0.307 e. The molecule has 1 aliphatic rings. The van der Waals surface area contributed by atoms with Crippen LogP contribution in [0.2, 0.25) is 0 Å². The molecule has 0 aromatic carbocycles.